The third kappa shape index (κ3) is 7.98. The molecule has 0 unspecified atom stereocenters. The first kappa shape index (κ1) is 20.9. The lowest BCUT2D eigenvalue weighted by molar-refractivity contribution is -0.136. The summed E-state index contributed by atoms with van der Waals surface area (Å²) in [6, 6.07) is 4.70. The number of carboxylic acid groups (broad SMARTS) is 1. The van der Waals surface area contributed by atoms with E-state index in [-0.39, 0.29) is 12.2 Å². The van der Waals surface area contributed by atoms with Gasteiger partial charge < -0.3 is 9.84 Å². The van der Waals surface area contributed by atoms with Gasteiger partial charge in [0, 0.05) is 0 Å². The highest BCUT2D eigenvalue weighted by Gasteiger charge is 2.10. The van der Waals surface area contributed by atoms with Crippen molar-refractivity contribution in [3.05, 3.63) is 70.7 Å². The number of ether oxygens (including phenoxy) is 1. The Morgan fingerprint density at radius 3 is 2.72 bits per heavy atom. The highest BCUT2D eigenvalue weighted by molar-refractivity contribution is 9.11. The van der Waals surface area contributed by atoms with Crippen LogP contribution < -0.4 is 4.74 Å². The van der Waals surface area contributed by atoms with E-state index in [1.807, 2.05) is 25.2 Å². The Hall–Kier alpha value is -2.14. The van der Waals surface area contributed by atoms with Gasteiger partial charge >= 0.3 is 5.97 Å². The second-order valence-electron chi connectivity index (χ2n) is 5.23. The van der Waals surface area contributed by atoms with Crippen molar-refractivity contribution in [3.8, 4) is 5.75 Å². The zero-order valence-electron chi connectivity index (χ0n) is 14.2. The molecule has 0 bridgehead atoms. The summed E-state index contributed by atoms with van der Waals surface area (Å²) in [6.45, 7) is 5.53. The summed E-state index contributed by atoms with van der Waals surface area (Å²) in [5.41, 5.74) is 0.740. The van der Waals surface area contributed by atoms with E-state index in [1.165, 1.54) is 12.1 Å². The molecule has 0 aliphatic heterocycles. The third-order valence-corrected chi connectivity index (χ3v) is 3.88. The van der Waals surface area contributed by atoms with Crippen LogP contribution in [0.4, 0.5) is 4.39 Å². The standard InChI is InChI=1S/C20H22BrFO3/c1-3-5-6-7-9-18(16(21)11-13-20(23)24)25-19-12-10-15(8-4-2)14-17(19)22/h3-4,8-12,14H,1,5-7,13H2,2H3,(H,23,24)/b8-4+,16-11+,18-9+. The minimum atomic E-state index is -0.954. The highest BCUT2D eigenvalue weighted by atomic mass is 79.9. The van der Waals surface area contributed by atoms with Crippen LogP contribution >= 0.6 is 15.9 Å². The number of hydrogen-bond acceptors (Lipinski definition) is 2. The predicted molar refractivity (Wildman–Crippen MR) is 103 cm³/mol. The van der Waals surface area contributed by atoms with E-state index in [1.54, 1.807) is 18.2 Å². The van der Waals surface area contributed by atoms with Crippen LogP contribution in [0, 0.1) is 5.82 Å². The van der Waals surface area contributed by atoms with Gasteiger partial charge in [-0.25, -0.2) is 4.39 Å². The second kappa shape index (κ2) is 11.4. The van der Waals surface area contributed by atoms with Crippen LogP contribution in [0.1, 0.15) is 38.2 Å². The monoisotopic (exact) mass is 408 g/mol. The molecule has 0 saturated carbocycles. The molecule has 0 spiro atoms. The van der Waals surface area contributed by atoms with Gasteiger partial charge in [0.25, 0.3) is 0 Å². The Labute approximate surface area is 156 Å². The van der Waals surface area contributed by atoms with Gasteiger partial charge in [-0.1, -0.05) is 30.4 Å². The van der Waals surface area contributed by atoms with Gasteiger partial charge in [-0.2, -0.15) is 0 Å². The number of benzene rings is 1. The number of aliphatic carboxylic acids is 1. The Bertz CT molecular complexity index is 690. The first-order valence-electron chi connectivity index (χ1n) is 7.97. The summed E-state index contributed by atoms with van der Waals surface area (Å²) in [6.07, 6.45) is 11.0. The highest BCUT2D eigenvalue weighted by Crippen LogP contribution is 2.27. The van der Waals surface area contributed by atoms with Crippen molar-refractivity contribution in [1.29, 1.82) is 0 Å². The zero-order chi connectivity index (χ0) is 18.7. The molecule has 0 aliphatic carbocycles. The van der Waals surface area contributed by atoms with Crippen LogP contribution in [-0.2, 0) is 4.79 Å². The fraction of sp³-hybridized carbons (Fsp3) is 0.250. The lowest BCUT2D eigenvalue weighted by Gasteiger charge is -2.11. The van der Waals surface area contributed by atoms with E-state index in [2.05, 4.69) is 22.5 Å². The minimum absolute atomic E-state index is 0.0869. The molecule has 1 aromatic carbocycles. The maximum Gasteiger partial charge on any atom is 0.307 e. The number of unbranched alkanes of at least 4 members (excludes halogenated alkanes) is 2. The maximum atomic E-state index is 14.2. The maximum absolute atomic E-state index is 14.2. The average molecular weight is 409 g/mol. The molecule has 1 N–H and O–H groups in total. The van der Waals surface area contributed by atoms with Crippen LogP contribution in [0.3, 0.4) is 0 Å². The molecule has 0 aromatic heterocycles. The van der Waals surface area contributed by atoms with Crippen molar-refractivity contribution >= 4 is 28.0 Å². The van der Waals surface area contributed by atoms with Crippen LogP contribution in [-0.4, -0.2) is 11.1 Å². The number of hydrogen-bond donors (Lipinski definition) is 1. The van der Waals surface area contributed by atoms with Gasteiger partial charge in [0.1, 0.15) is 5.76 Å². The first-order valence-corrected chi connectivity index (χ1v) is 8.76. The summed E-state index contributed by atoms with van der Waals surface area (Å²) in [7, 11) is 0. The van der Waals surface area contributed by atoms with Gasteiger partial charge in [-0.05, 0) is 65.9 Å². The average Bonchev–Trinajstić information content (AvgIpc) is 2.57. The van der Waals surface area contributed by atoms with Crippen molar-refractivity contribution < 1.29 is 19.0 Å². The molecule has 0 aliphatic rings. The van der Waals surface area contributed by atoms with Crippen molar-refractivity contribution in [3.63, 3.8) is 0 Å². The number of carbonyl (C=O) groups is 1. The van der Waals surface area contributed by atoms with Crippen LogP contribution in [0.25, 0.3) is 6.08 Å². The molecule has 0 saturated heterocycles. The fourth-order valence-corrected chi connectivity index (χ4v) is 2.38. The van der Waals surface area contributed by atoms with Gasteiger partial charge in [-0.3, -0.25) is 4.79 Å². The topological polar surface area (TPSA) is 46.5 Å². The Morgan fingerprint density at radius 2 is 2.12 bits per heavy atom. The smallest absolute Gasteiger partial charge is 0.307 e. The largest absolute Gasteiger partial charge is 0.481 e. The van der Waals surface area contributed by atoms with Gasteiger partial charge in [0.05, 0.1) is 10.9 Å². The van der Waals surface area contributed by atoms with E-state index in [4.69, 9.17) is 9.84 Å². The van der Waals surface area contributed by atoms with Crippen LogP contribution in [0.2, 0.25) is 0 Å². The summed E-state index contributed by atoms with van der Waals surface area (Å²) < 4.78 is 20.4. The molecule has 0 fully saturated rings. The Morgan fingerprint density at radius 1 is 1.36 bits per heavy atom. The lowest BCUT2D eigenvalue weighted by Crippen LogP contribution is -2.00. The summed E-state index contributed by atoms with van der Waals surface area (Å²) in [5, 5.41) is 8.80. The molecule has 25 heavy (non-hydrogen) atoms. The van der Waals surface area contributed by atoms with Crippen molar-refractivity contribution in [2.45, 2.75) is 32.6 Å². The Balaban J connectivity index is 3.01. The number of halogens is 2. The van der Waals surface area contributed by atoms with Crippen LogP contribution in [0.15, 0.2) is 59.3 Å². The molecular formula is C20H22BrFO3. The molecule has 5 heteroatoms. The zero-order valence-corrected chi connectivity index (χ0v) is 15.8. The molecule has 0 heterocycles. The van der Waals surface area contributed by atoms with E-state index < -0.39 is 11.8 Å². The molecule has 134 valence electrons. The van der Waals surface area contributed by atoms with E-state index in [9.17, 15) is 9.18 Å². The number of allylic oxidation sites excluding steroid dienone is 4. The minimum Gasteiger partial charge on any atom is -0.481 e. The third-order valence-electron chi connectivity index (χ3n) is 3.17. The molecular weight excluding hydrogens is 387 g/mol. The summed E-state index contributed by atoms with van der Waals surface area (Å²) in [5.74, 6) is -0.956. The molecule has 1 rings (SSSR count). The number of carboxylic acids is 1. The van der Waals surface area contributed by atoms with Gasteiger partial charge in [0.2, 0.25) is 0 Å². The molecule has 1 aromatic rings. The predicted octanol–water partition coefficient (Wildman–Crippen LogP) is 6.23. The van der Waals surface area contributed by atoms with Gasteiger partial charge in [0.15, 0.2) is 11.6 Å². The molecule has 0 amide bonds. The van der Waals surface area contributed by atoms with Crippen LogP contribution in [0.5, 0.6) is 5.75 Å². The fourth-order valence-electron chi connectivity index (χ4n) is 1.98. The second-order valence-corrected chi connectivity index (χ2v) is 6.08. The quantitative estimate of drug-likeness (QED) is 0.216. The molecule has 0 radical (unpaired) electrons. The van der Waals surface area contributed by atoms with Gasteiger partial charge in [-0.15, -0.1) is 6.58 Å². The lowest BCUT2D eigenvalue weighted by atomic mass is 10.2. The number of rotatable bonds is 10. The van der Waals surface area contributed by atoms with E-state index in [0.717, 1.165) is 18.4 Å². The van der Waals surface area contributed by atoms with Crippen molar-refractivity contribution in [2.24, 2.45) is 0 Å². The summed E-state index contributed by atoms with van der Waals surface area (Å²) >= 11 is 3.31. The van der Waals surface area contributed by atoms with E-state index >= 15 is 0 Å². The molecule has 3 nitrogen and oxygen atoms in total. The SMILES string of the molecule is C=CCCC/C=C(Oc1ccc(/C=C/C)cc1F)\C(Br)=C/CC(=O)O. The Kier molecular flexibility index (Phi) is 9.55. The van der Waals surface area contributed by atoms with Crippen molar-refractivity contribution in [1.82, 2.24) is 0 Å². The van der Waals surface area contributed by atoms with E-state index in [0.29, 0.717) is 16.7 Å². The molecule has 0 atom stereocenters. The van der Waals surface area contributed by atoms with Crippen molar-refractivity contribution in [2.75, 3.05) is 0 Å². The first-order chi connectivity index (χ1) is 12.0. The summed E-state index contributed by atoms with van der Waals surface area (Å²) in [4.78, 5) is 10.7. The normalized spacial score (nSPS) is 12.4.